The van der Waals surface area contributed by atoms with Crippen molar-refractivity contribution in [2.45, 2.75) is 18.9 Å². The van der Waals surface area contributed by atoms with E-state index in [1.54, 1.807) is 6.20 Å². The van der Waals surface area contributed by atoms with E-state index in [1.807, 2.05) is 0 Å². The number of methoxy groups -OCH3 is 1. The zero-order valence-electron chi connectivity index (χ0n) is 5.96. The molecule has 1 N–H and O–H groups in total. The molecule has 1 saturated carbocycles. The predicted octanol–water partition coefficient (Wildman–Crippen LogP) is 0.425. The van der Waals surface area contributed by atoms with Gasteiger partial charge in [0.1, 0.15) is 0 Å². The molecular weight excluding hydrogens is 130 g/mol. The number of ether oxygens (including phenoxy) is 1. The van der Waals surface area contributed by atoms with Gasteiger partial charge in [-0.15, -0.1) is 0 Å². The summed E-state index contributed by atoms with van der Waals surface area (Å²) < 4.78 is 4.39. The van der Waals surface area contributed by atoms with E-state index < -0.39 is 0 Å². The third kappa shape index (κ3) is 2.53. The fourth-order valence-corrected chi connectivity index (χ4v) is 0.570. The fourth-order valence-electron chi connectivity index (χ4n) is 0.570. The number of hydrogen-bond donors (Lipinski definition) is 1. The maximum Gasteiger partial charge on any atom is 0.331 e. The lowest BCUT2D eigenvalue weighted by atomic mass is 10.6. The van der Waals surface area contributed by atoms with Crippen LogP contribution >= 0.6 is 0 Å². The van der Waals surface area contributed by atoms with Crippen molar-refractivity contribution in [3.8, 4) is 0 Å². The van der Waals surface area contributed by atoms with Gasteiger partial charge in [0.05, 0.1) is 7.11 Å². The van der Waals surface area contributed by atoms with Crippen LogP contribution in [0.15, 0.2) is 12.3 Å². The molecule has 0 spiro atoms. The summed E-state index contributed by atoms with van der Waals surface area (Å²) in [4.78, 5) is 10.5. The summed E-state index contributed by atoms with van der Waals surface area (Å²) in [5.41, 5.74) is 0. The molecule has 10 heavy (non-hydrogen) atoms. The summed E-state index contributed by atoms with van der Waals surface area (Å²) in [6.07, 6.45) is 5.46. The SMILES string of the molecule is COC(=O)C=CNC1CC1. The van der Waals surface area contributed by atoms with Crippen LogP contribution < -0.4 is 5.32 Å². The quantitative estimate of drug-likeness (QED) is 0.457. The Hall–Kier alpha value is -0.990. The molecule has 0 aliphatic heterocycles. The molecule has 56 valence electrons. The van der Waals surface area contributed by atoms with Gasteiger partial charge in [-0.2, -0.15) is 0 Å². The molecule has 0 aromatic heterocycles. The zero-order chi connectivity index (χ0) is 7.40. The van der Waals surface area contributed by atoms with Crippen molar-refractivity contribution in [2.24, 2.45) is 0 Å². The molecule has 0 atom stereocenters. The predicted molar refractivity (Wildman–Crippen MR) is 37.3 cm³/mol. The number of carbonyl (C=O) groups is 1. The molecule has 3 heteroatoms. The Morgan fingerprint density at radius 1 is 1.70 bits per heavy atom. The van der Waals surface area contributed by atoms with E-state index in [2.05, 4.69) is 10.1 Å². The van der Waals surface area contributed by atoms with Crippen molar-refractivity contribution < 1.29 is 9.53 Å². The highest BCUT2D eigenvalue weighted by molar-refractivity contribution is 5.81. The van der Waals surface area contributed by atoms with Crippen molar-refractivity contribution in [1.29, 1.82) is 0 Å². The minimum absolute atomic E-state index is 0.312. The molecule has 0 radical (unpaired) electrons. The van der Waals surface area contributed by atoms with Gasteiger partial charge in [0, 0.05) is 18.3 Å². The Morgan fingerprint density at radius 3 is 2.90 bits per heavy atom. The number of hydrogen-bond acceptors (Lipinski definition) is 3. The highest BCUT2D eigenvalue weighted by Gasteiger charge is 2.18. The summed E-state index contributed by atoms with van der Waals surface area (Å²) in [7, 11) is 1.36. The average Bonchev–Trinajstić information content (AvgIpc) is 2.71. The minimum Gasteiger partial charge on any atom is -0.466 e. The van der Waals surface area contributed by atoms with E-state index in [-0.39, 0.29) is 5.97 Å². The fraction of sp³-hybridized carbons (Fsp3) is 0.571. The molecule has 0 aromatic rings. The summed E-state index contributed by atoms with van der Waals surface area (Å²) in [5, 5.41) is 3.04. The van der Waals surface area contributed by atoms with E-state index in [0.717, 1.165) is 0 Å². The molecule has 0 bridgehead atoms. The highest BCUT2D eigenvalue weighted by Crippen LogP contribution is 2.18. The smallest absolute Gasteiger partial charge is 0.331 e. The molecule has 1 aliphatic rings. The van der Waals surface area contributed by atoms with Crippen molar-refractivity contribution in [2.75, 3.05) is 7.11 Å². The van der Waals surface area contributed by atoms with Gasteiger partial charge in [-0.25, -0.2) is 4.79 Å². The number of rotatable bonds is 3. The van der Waals surface area contributed by atoms with Crippen LogP contribution in [0.4, 0.5) is 0 Å². The monoisotopic (exact) mass is 141 g/mol. The highest BCUT2D eigenvalue weighted by atomic mass is 16.5. The zero-order valence-corrected chi connectivity index (χ0v) is 5.96. The second-order valence-electron chi connectivity index (χ2n) is 2.30. The third-order valence-corrected chi connectivity index (χ3v) is 1.33. The molecular formula is C7H11NO2. The largest absolute Gasteiger partial charge is 0.466 e. The van der Waals surface area contributed by atoms with Gasteiger partial charge in [-0.05, 0) is 12.8 Å². The normalized spacial score (nSPS) is 17.3. The van der Waals surface area contributed by atoms with E-state index >= 15 is 0 Å². The van der Waals surface area contributed by atoms with Gasteiger partial charge in [0.15, 0.2) is 0 Å². The van der Waals surface area contributed by atoms with Gasteiger partial charge >= 0.3 is 5.97 Å². The molecule has 3 nitrogen and oxygen atoms in total. The molecule has 1 rings (SSSR count). The second-order valence-corrected chi connectivity index (χ2v) is 2.30. The van der Waals surface area contributed by atoms with Gasteiger partial charge in [0.2, 0.25) is 0 Å². The molecule has 1 fully saturated rings. The van der Waals surface area contributed by atoms with Crippen molar-refractivity contribution in [1.82, 2.24) is 5.32 Å². The standard InChI is InChI=1S/C7H11NO2/c1-10-7(9)4-5-8-6-2-3-6/h4-6,8H,2-3H2,1H3. The summed E-state index contributed by atoms with van der Waals surface area (Å²) >= 11 is 0. The lowest BCUT2D eigenvalue weighted by Gasteiger charge is -1.92. The Kier molecular flexibility index (Phi) is 2.31. The van der Waals surface area contributed by atoms with E-state index in [9.17, 15) is 4.79 Å². The Morgan fingerprint density at radius 2 is 2.40 bits per heavy atom. The first-order valence-corrected chi connectivity index (χ1v) is 3.33. The van der Waals surface area contributed by atoms with Crippen LogP contribution in [0, 0.1) is 0 Å². The summed E-state index contributed by atoms with van der Waals surface area (Å²) in [6.45, 7) is 0. The average molecular weight is 141 g/mol. The van der Waals surface area contributed by atoms with Crippen molar-refractivity contribution in [3.63, 3.8) is 0 Å². The molecule has 0 unspecified atom stereocenters. The van der Waals surface area contributed by atoms with E-state index in [4.69, 9.17) is 0 Å². The Bertz CT molecular complexity index is 150. The number of esters is 1. The van der Waals surface area contributed by atoms with Crippen LogP contribution in [-0.4, -0.2) is 19.1 Å². The minimum atomic E-state index is -0.312. The first kappa shape index (κ1) is 7.12. The van der Waals surface area contributed by atoms with Crippen LogP contribution in [-0.2, 0) is 9.53 Å². The Labute approximate surface area is 60.1 Å². The molecule has 0 heterocycles. The van der Waals surface area contributed by atoms with Gasteiger partial charge < -0.3 is 10.1 Å². The van der Waals surface area contributed by atoms with E-state index in [1.165, 1.54) is 26.0 Å². The summed E-state index contributed by atoms with van der Waals surface area (Å²) in [6, 6.07) is 0.598. The first-order valence-electron chi connectivity index (χ1n) is 3.33. The maximum absolute atomic E-state index is 10.5. The molecule has 0 aromatic carbocycles. The second kappa shape index (κ2) is 3.25. The van der Waals surface area contributed by atoms with Crippen LogP contribution in [0.5, 0.6) is 0 Å². The van der Waals surface area contributed by atoms with Crippen LogP contribution in [0.25, 0.3) is 0 Å². The van der Waals surface area contributed by atoms with Crippen molar-refractivity contribution in [3.05, 3.63) is 12.3 Å². The van der Waals surface area contributed by atoms with Crippen molar-refractivity contribution >= 4 is 5.97 Å². The molecule has 0 saturated heterocycles. The molecule has 1 aliphatic carbocycles. The third-order valence-electron chi connectivity index (χ3n) is 1.33. The lowest BCUT2D eigenvalue weighted by Crippen LogP contribution is -2.08. The van der Waals surface area contributed by atoms with Gasteiger partial charge in [-0.1, -0.05) is 0 Å². The van der Waals surface area contributed by atoms with Crippen LogP contribution in [0.3, 0.4) is 0 Å². The summed E-state index contributed by atoms with van der Waals surface area (Å²) in [5.74, 6) is -0.312. The topological polar surface area (TPSA) is 38.3 Å². The number of carbonyl (C=O) groups excluding carboxylic acids is 1. The molecule has 0 amide bonds. The first-order chi connectivity index (χ1) is 4.83. The maximum atomic E-state index is 10.5. The van der Waals surface area contributed by atoms with Gasteiger partial charge in [0.25, 0.3) is 0 Å². The van der Waals surface area contributed by atoms with Crippen LogP contribution in [0.1, 0.15) is 12.8 Å². The lowest BCUT2D eigenvalue weighted by molar-refractivity contribution is -0.134. The van der Waals surface area contributed by atoms with E-state index in [0.29, 0.717) is 6.04 Å². The number of nitrogens with one attached hydrogen (secondary N) is 1. The van der Waals surface area contributed by atoms with Gasteiger partial charge in [-0.3, -0.25) is 0 Å². The Balaban J connectivity index is 2.08. The van der Waals surface area contributed by atoms with Crippen LogP contribution in [0.2, 0.25) is 0 Å².